The number of carbonyl (C=O) groups is 1. The molecule has 2 unspecified atom stereocenters. The SMILES string of the molecule is CC(CC1COCCN1C(=O)OC(C)(C)C)NCc1ccoc1. The summed E-state index contributed by atoms with van der Waals surface area (Å²) in [6, 6.07) is 2.23. The Bertz CT molecular complexity index is 481. The molecule has 1 N–H and O–H groups in total. The third kappa shape index (κ3) is 5.88. The first-order valence-corrected chi connectivity index (χ1v) is 8.17. The van der Waals surface area contributed by atoms with Crippen molar-refractivity contribution in [2.24, 2.45) is 0 Å². The number of nitrogens with one attached hydrogen (secondary N) is 1. The minimum atomic E-state index is -0.481. The van der Waals surface area contributed by atoms with E-state index in [2.05, 4.69) is 12.2 Å². The molecule has 2 rings (SSSR count). The molecule has 0 spiro atoms. The Morgan fingerprint density at radius 3 is 2.96 bits per heavy atom. The van der Waals surface area contributed by atoms with Gasteiger partial charge in [0.2, 0.25) is 0 Å². The van der Waals surface area contributed by atoms with Crippen LogP contribution < -0.4 is 5.32 Å². The van der Waals surface area contributed by atoms with Gasteiger partial charge in [-0.3, -0.25) is 0 Å². The molecule has 1 aliphatic rings. The predicted octanol–water partition coefficient (Wildman–Crippen LogP) is 2.78. The molecule has 1 saturated heterocycles. The molecule has 2 heterocycles. The molecule has 1 aromatic rings. The zero-order valence-electron chi connectivity index (χ0n) is 14.5. The van der Waals surface area contributed by atoms with Gasteiger partial charge in [0.1, 0.15) is 5.60 Å². The van der Waals surface area contributed by atoms with Gasteiger partial charge in [-0.25, -0.2) is 4.79 Å². The molecule has 0 bridgehead atoms. The largest absolute Gasteiger partial charge is 0.472 e. The standard InChI is InChI=1S/C17H28N2O4/c1-13(18-10-14-5-7-21-11-14)9-15-12-22-8-6-19(15)16(20)23-17(2,3)4/h5,7,11,13,15,18H,6,8-10,12H2,1-4H3. The van der Waals surface area contributed by atoms with Crippen LogP contribution in [-0.2, 0) is 16.0 Å². The maximum absolute atomic E-state index is 12.4. The Morgan fingerprint density at radius 2 is 2.30 bits per heavy atom. The monoisotopic (exact) mass is 324 g/mol. The lowest BCUT2D eigenvalue weighted by Crippen LogP contribution is -2.52. The number of morpholine rings is 1. The van der Waals surface area contributed by atoms with Gasteiger partial charge in [0.05, 0.1) is 31.8 Å². The van der Waals surface area contributed by atoms with E-state index in [0.29, 0.717) is 19.8 Å². The van der Waals surface area contributed by atoms with Crippen LogP contribution in [0.2, 0.25) is 0 Å². The number of hydrogen-bond donors (Lipinski definition) is 1. The quantitative estimate of drug-likeness (QED) is 0.902. The average molecular weight is 324 g/mol. The van der Waals surface area contributed by atoms with Gasteiger partial charge in [0.15, 0.2) is 0 Å². The fourth-order valence-electron chi connectivity index (χ4n) is 2.59. The number of nitrogens with zero attached hydrogens (tertiary/aromatic N) is 1. The second-order valence-electron chi connectivity index (χ2n) is 7.05. The Morgan fingerprint density at radius 1 is 1.52 bits per heavy atom. The van der Waals surface area contributed by atoms with E-state index < -0.39 is 5.60 Å². The van der Waals surface area contributed by atoms with E-state index in [1.807, 2.05) is 26.8 Å². The van der Waals surface area contributed by atoms with Crippen LogP contribution in [-0.4, -0.2) is 48.4 Å². The predicted molar refractivity (Wildman–Crippen MR) is 87.2 cm³/mol. The number of rotatable bonds is 5. The van der Waals surface area contributed by atoms with Crippen molar-refractivity contribution in [3.05, 3.63) is 24.2 Å². The molecule has 6 heteroatoms. The topological polar surface area (TPSA) is 63.9 Å². The molecule has 1 fully saturated rings. The lowest BCUT2D eigenvalue weighted by atomic mass is 10.1. The first-order valence-electron chi connectivity index (χ1n) is 8.17. The highest BCUT2D eigenvalue weighted by molar-refractivity contribution is 5.68. The summed E-state index contributed by atoms with van der Waals surface area (Å²) in [4.78, 5) is 14.2. The highest BCUT2D eigenvalue weighted by atomic mass is 16.6. The summed E-state index contributed by atoms with van der Waals surface area (Å²) in [5.74, 6) is 0. The highest BCUT2D eigenvalue weighted by Gasteiger charge is 2.31. The van der Waals surface area contributed by atoms with Crippen molar-refractivity contribution in [2.45, 2.75) is 58.3 Å². The number of ether oxygens (including phenoxy) is 2. The Labute approximate surface area is 138 Å². The third-order valence-corrected chi connectivity index (χ3v) is 3.72. The lowest BCUT2D eigenvalue weighted by molar-refractivity contribution is -0.0356. The van der Waals surface area contributed by atoms with Gasteiger partial charge in [-0.05, 0) is 40.2 Å². The summed E-state index contributed by atoms with van der Waals surface area (Å²) in [6.45, 7) is 10.2. The second kappa shape index (κ2) is 7.84. The van der Waals surface area contributed by atoms with Crippen LogP contribution >= 0.6 is 0 Å². The van der Waals surface area contributed by atoms with E-state index >= 15 is 0 Å². The van der Waals surface area contributed by atoms with Crippen molar-refractivity contribution in [3.63, 3.8) is 0 Å². The smallest absolute Gasteiger partial charge is 0.410 e. The molecule has 0 radical (unpaired) electrons. The molecular weight excluding hydrogens is 296 g/mol. The van der Waals surface area contributed by atoms with Gasteiger partial charge in [-0.1, -0.05) is 0 Å². The summed E-state index contributed by atoms with van der Waals surface area (Å²) in [5, 5.41) is 3.45. The number of amides is 1. The summed E-state index contributed by atoms with van der Waals surface area (Å²) in [7, 11) is 0. The van der Waals surface area contributed by atoms with Gasteiger partial charge in [0.25, 0.3) is 0 Å². The Kier molecular flexibility index (Phi) is 6.07. The van der Waals surface area contributed by atoms with Crippen LogP contribution in [0.25, 0.3) is 0 Å². The fraction of sp³-hybridized carbons (Fsp3) is 0.706. The maximum atomic E-state index is 12.4. The third-order valence-electron chi connectivity index (χ3n) is 3.72. The minimum absolute atomic E-state index is 0.0328. The zero-order valence-corrected chi connectivity index (χ0v) is 14.5. The van der Waals surface area contributed by atoms with Crippen LogP contribution in [0.1, 0.15) is 39.7 Å². The normalized spacial score (nSPS) is 20.3. The average Bonchev–Trinajstić information content (AvgIpc) is 2.97. The van der Waals surface area contributed by atoms with Crippen LogP contribution in [0, 0.1) is 0 Å². The van der Waals surface area contributed by atoms with Gasteiger partial charge in [-0.15, -0.1) is 0 Å². The van der Waals surface area contributed by atoms with Crippen LogP contribution in [0.15, 0.2) is 23.0 Å². The van der Waals surface area contributed by atoms with E-state index in [4.69, 9.17) is 13.9 Å². The van der Waals surface area contributed by atoms with E-state index in [-0.39, 0.29) is 18.2 Å². The maximum Gasteiger partial charge on any atom is 0.410 e. The van der Waals surface area contributed by atoms with Crippen LogP contribution in [0.5, 0.6) is 0 Å². The molecule has 1 aromatic heterocycles. The van der Waals surface area contributed by atoms with Crippen LogP contribution in [0.4, 0.5) is 4.79 Å². The van der Waals surface area contributed by atoms with E-state index in [1.54, 1.807) is 17.4 Å². The van der Waals surface area contributed by atoms with Gasteiger partial charge in [-0.2, -0.15) is 0 Å². The van der Waals surface area contributed by atoms with Crippen molar-refractivity contribution < 1.29 is 18.7 Å². The van der Waals surface area contributed by atoms with E-state index in [1.165, 1.54) is 0 Å². The minimum Gasteiger partial charge on any atom is -0.472 e. The van der Waals surface area contributed by atoms with Gasteiger partial charge < -0.3 is 24.1 Å². The van der Waals surface area contributed by atoms with Crippen LogP contribution in [0.3, 0.4) is 0 Å². The summed E-state index contributed by atoms with van der Waals surface area (Å²) < 4.78 is 16.1. The first-order chi connectivity index (χ1) is 10.8. The van der Waals surface area contributed by atoms with Crippen molar-refractivity contribution in [1.29, 1.82) is 0 Å². The molecule has 23 heavy (non-hydrogen) atoms. The Balaban J connectivity index is 1.86. The van der Waals surface area contributed by atoms with Crippen molar-refractivity contribution in [1.82, 2.24) is 10.2 Å². The molecule has 130 valence electrons. The van der Waals surface area contributed by atoms with Crippen molar-refractivity contribution >= 4 is 6.09 Å². The lowest BCUT2D eigenvalue weighted by Gasteiger charge is -2.37. The van der Waals surface area contributed by atoms with Crippen molar-refractivity contribution in [3.8, 4) is 0 Å². The fourth-order valence-corrected chi connectivity index (χ4v) is 2.59. The van der Waals surface area contributed by atoms with Gasteiger partial charge in [0, 0.05) is 24.7 Å². The molecule has 0 aromatic carbocycles. The molecular formula is C17H28N2O4. The summed E-state index contributed by atoms with van der Waals surface area (Å²) >= 11 is 0. The van der Waals surface area contributed by atoms with Crippen molar-refractivity contribution in [2.75, 3.05) is 19.8 Å². The molecule has 1 aliphatic heterocycles. The highest BCUT2D eigenvalue weighted by Crippen LogP contribution is 2.17. The first kappa shape index (κ1) is 17.8. The number of carbonyl (C=O) groups excluding carboxylic acids is 1. The molecule has 6 nitrogen and oxygen atoms in total. The molecule has 0 saturated carbocycles. The second-order valence-corrected chi connectivity index (χ2v) is 7.05. The summed E-state index contributed by atoms with van der Waals surface area (Å²) in [5.41, 5.74) is 0.631. The van der Waals surface area contributed by atoms with E-state index in [9.17, 15) is 4.79 Å². The Hall–Kier alpha value is -1.53. The molecule has 2 atom stereocenters. The zero-order chi connectivity index (χ0) is 16.9. The van der Waals surface area contributed by atoms with E-state index in [0.717, 1.165) is 18.5 Å². The number of furan rings is 1. The molecule has 1 amide bonds. The van der Waals surface area contributed by atoms with Gasteiger partial charge >= 0.3 is 6.09 Å². The molecule has 0 aliphatic carbocycles. The summed E-state index contributed by atoms with van der Waals surface area (Å²) in [6.07, 6.45) is 3.96. The number of hydrogen-bond acceptors (Lipinski definition) is 5.